The molecule has 1 aliphatic carbocycles. The number of hydrogen-bond donors (Lipinski definition) is 1. The number of fused-ring (bicyclic) bond motifs is 1. The van der Waals surface area contributed by atoms with Crippen molar-refractivity contribution in [3.63, 3.8) is 0 Å². The Kier molecular flexibility index (Phi) is 7.58. The Bertz CT molecular complexity index is 993. The highest BCUT2D eigenvalue weighted by Gasteiger charge is 2.34. The number of amides is 2. The Balaban J connectivity index is 1.57. The lowest BCUT2D eigenvalue weighted by Gasteiger charge is -2.29. The molecule has 1 atom stereocenters. The third-order valence-electron chi connectivity index (χ3n) is 6.75. The van der Waals surface area contributed by atoms with E-state index in [-0.39, 0.29) is 17.9 Å². The van der Waals surface area contributed by atoms with E-state index in [4.69, 9.17) is 4.99 Å². The summed E-state index contributed by atoms with van der Waals surface area (Å²) in [6.45, 7) is 3.98. The molecule has 33 heavy (non-hydrogen) atoms. The van der Waals surface area contributed by atoms with Crippen LogP contribution >= 0.6 is 0 Å². The van der Waals surface area contributed by atoms with Crippen LogP contribution < -0.4 is 10.2 Å². The maximum absolute atomic E-state index is 13.6. The summed E-state index contributed by atoms with van der Waals surface area (Å²) in [6.07, 6.45) is 8.00. The minimum Gasteiger partial charge on any atom is -0.327 e. The fourth-order valence-corrected chi connectivity index (χ4v) is 5.09. The van der Waals surface area contributed by atoms with E-state index >= 15 is 0 Å². The molecule has 2 aromatic rings. The molecule has 2 aromatic carbocycles. The summed E-state index contributed by atoms with van der Waals surface area (Å²) in [5.74, 6) is 0.457. The number of carbonyl (C=O) groups excluding carboxylic acids is 2. The van der Waals surface area contributed by atoms with Crippen molar-refractivity contribution in [1.29, 1.82) is 0 Å². The molecule has 1 aliphatic heterocycles. The molecule has 0 aromatic heterocycles. The predicted octanol–water partition coefficient (Wildman–Crippen LogP) is 5.47. The van der Waals surface area contributed by atoms with Crippen molar-refractivity contribution in [1.82, 2.24) is 5.32 Å². The topological polar surface area (TPSA) is 61.8 Å². The summed E-state index contributed by atoms with van der Waals surface area (Å²) in [6, 6.07) is 17.7. The van der Waals surface area contributed by atoms with Crippen LogP contribution in [0, 0.1) is 5.92 Å². The van der Waals surface area contributed by atoms with Gasteiger partial charge in [-0.1, -0.05) is 80.6 Å². The van der Waals surface area contributed by atoms with Crippen LogP contribution in [0.4, 0.5) is 5.69 Å². The van der Waals surface area contributed by atoms with Crippen LogP contribution in [0.1, 0.15) is 76.3 Å². The molecule has 0 radical (unpaired) electrons. The summed E-state index contributed by atoms with van der Waals surface area (Å²) < 4.78 is 0. The van der Waals surface area contributed by atoms with Crippen molar-refractivity contribution < 1.29 is 9.59 Å². The molecule has 1 unspecified atom stereocenters. The summed E-state index contributed by atoms with van der Waals surface area (Å²) in [5.41, 5.74) is 3.39. The standard InChI is InChI=1S/C28H35N3O2/c1-20(2)31-24-18-10-9-17-23(24)26(22-15-7-4-8-16-22)30-27(28(31)33)29-25(32)19-11-14-21-12-5-3-6-13-21/h4,7-10,15-18,20-21,27H,3,5-6,11-14,19H2,1-2H3,(H,29,32). The summed E-state index contributed by atoms with van der Waals surface area (Å²) in [4.78, 5) is 33.0. The molecule has 1 saturated carbocycles. The lowest BCUT2D eigenvalue weighted by molar-refractivity contribution is -0.127. The van der Waals surface area contributed by atoms with Crippen LogP contribution in [0.2, 0.25) is 0 Å². The van der Waals surface area contributed by atoms with Crippen LogP contribution in [-0.4, -0.2) is 29.7 Å². The van der Waals surface area contributed by atoms with E-state index in [2.05, 4.69) is 5.32 Å². The summed E-state index contributed by atoms with van der Waals surface area (Å²) >= 11 is 0. The normalized spacial score (nSPS) is 19.1. The molecule has 5 heteroatoms. The average molecular weight is 446 g/mol. The van der Waals surface area contributed by atoms with E-state index in [9.17, 15) is 9.59 Å². The molecule has 1 fully saturated rings. The molecule has 1 N–H and O–H groups in total. The smallest absolute Gasteiger partial charge is 0.272 e. The number of anilines is 1. The Hall–Kier alpha value is -2.95. The molecule has 2 amide bonds. The number of nitrogens with one attached hydrogen (secondary N) is 1. The Morgan fingerprint density at radius 3 is 2.45 bits per heavy atom. The molecule has 0 spiro atoms. The van der Waals surface area contributed by atoms with Gasteiger partial charge in [-0.25, -0.2) is 4.99 Å². The molecule has 1 heterocycles. The van der Waals surface area contributed by atoms with Gasteiger partial charge >= 0.3 is 0 Å². The molecule has 174 valence electrons. The third-order valence-corrected chi connectivity index (χ3v) is 6.75. The Morgan fingerprint density at radius 2 is 1.73 bits per heavy atom. The molecule has 5 nitrogen and oxygen atoms in total. The van der Waals surface area contributed by atoms with Crippen molar-refractivity contribution >= 4 is 23.2 Å². The van der Waals surface area contributed by atoms with Crippen LogP contribution in [-0.2, 0) is 9.59 Å². The number of benzene rings is 2. The molecular formula is C28H35N3O2. The van der Waals surface area contributed by atoms with E-state index < -0.39 is 6.17 Å². The predicted molar refractivity (Wildman–Crippen MR) is 134 cm³/mol. The van der Waals surface area contributed by atoms with Gasteiger partial charge in [-0.2, -0.15) is 0 Å². The van der Waals surface area contributed by atoms with E-state index in [0.29, 0.717) is 6.42 Å². The second-order valence-electron chi connectivity index (χ2n) is 9.53. The summed E-state index contributed by atoms with van der Waals surface area (Å²) in [5, 5.41) is 2.95. The summed E-state index contributed by atoms with van der Waals surface area (Å²) in [7, 11) is 0. The van der Waals surface area contributed by atoms with Crippen molar-refractivity contribution in [3.05, 3.63) is 65.7 Å². The number of carbonyl (C=O) groups is 2. The minimum absolute atomic E-state index is 0.0605. The van der Waals surface area contributed by atoms with Gasteiger partial charge in [-0.05, 0) is 38.7 Å². The van der Waals surface area contributed by atoms with E-state index in [1.807, 2.05) is 68.4 Å². The fourth-order valence-electron chi connectivity index (χ4n) is 5.09. The second-order valence-corrected chi connectivity index (χ2v) is 9.53. The first-order valence-electron chi connectivity index (χ1n) is 12.4. The number of rotatable bonds is 7. The number of hydrogen-bond acceptors (Lipinski definition) is 3. The van der Waals surface area contributed by atoms with Crippen molar-refractivity contribution in [2.24, 2.45) is 10.9 Å². The first kappa shape index (κ1) is 23.2. The van der Waals surface area contributed by atoms with Gasteiger partial charge in [0, 0.05) is 23.6 Å². The van der Waals surface area contributed by atoms with Gasteiger partial charge in [0.25, 0.3) is 5.91 Å². The van der Waals surface area contributed by atoms with Crippen LogP contribution in [0.15, 0.2) is 59.6 Å². The SMILES string of the molecule is CC(C)N1C(=O)C(NC(=O)CCCC2CCCCC2)N=C(c2ccccc2)c2ccccc21. The number of benzodiazepines with no additional fused rings is 1. The highest BCUT2D eigenvalue weighted by Crippen LogP contribution is 2.30. The van der Waals surface area contributed by atoms with E-state index in [1.54, 1.807) is 4.90 Å². The highest BCUT2D eigenvalue weighted by atomic mass is 16.2. The first-order chi connectivity index (χ1) is 16.0. The van der Waals surface area contributed by atoms with Gasteiger partial charge in [-0.15, -0.1) is 0 Å². The molecular weight excluding hydrogens is 410 g/mol. The third kappa shape index (κ3) is 5.52. The number of nitrogens with zero attached hydrogens (tertiary/aromatic N) is 2. The average Bonchev–Trinajstić information content (AvgIpc) is 2.95. The second kappa shape index (κ2) is 10.8. The largest absolute Gasteiger partial charge is 0.327 e. The van der Waals surface area contributed by atoms with E-state index in [0.717, 1.165) is 41.3 Å². The zero-order valence-electron chi connectivity index (χ0n) is 19.8. The van der Waals surface area contributed by atoms with Crippen LogP contribution in [0.5, 0.6) is 0 Å². The van der Waals surface area contributed by atoms with Crippen molar-refractivity contribution in [3.8, 4) is 0 Å². The van der Waals surface area contributed by atoms with Gasteiger partial charge in [-0.3, -0.25) is 9.59 Å². The maximum atomic E-state index is 13.6. The quantitative estimate of drug-likeness (QED) is 0.614. The monoisotopic (exact) mass is 445 g/mol. The van der Waals surface area contributed by atoms with Gasteiger partial charge < -0.3 is 10.2 Å². The van der Waals surface area contributed by atoms with Crippen molar-refractivity contribution in [2.45, 2.75) is 77.4 Å². The molecule has 0 saturated heterocycles. The maximum Gasteiger partial charge on any atom is 0.272 e. The molecule has 2 aliphatic rings. The van der Waals surface area contributed by atoms with Crippen molar-refractivity contribution in [2.75, 3.05) is 4.90 Å². The van der Waals surface area contributed by atoms with E-state index in [1.165, 1.54) is 32.1 Å². The number of aliphatic imine (C=N–C) groups is 1. The lowest BCUT2D eigenvalue weighted by atomic mass is 9.86. The molecule has 0 bridgehead atoms. The Labute approximate surface area is 197 Å². The molecule has 4 rings (SSSR count). The van der Waals surface area contributed by atoms with Gasteiger partial charge in [0.2, 0.25) is 12.1 Å². The number of para-hydroxylation sites is 1. The zero-order valence-corrected chi connectivity index (χ0v) is 19.8. The minimum atomic E-state index is -0.933. The van der Waals surface area contributed by atoms with Gasteiger partial charge in [0.15, 0.2) is 0 Å². The van der Waals surface area contributed by atoms with Gasteiger partial charge in [0.05, 0.1) is 11.4 Å². The zero-order chi connectivity index (χ0) is 23.2. The first-order valence-corrected chi connectivity index (χ1v) is 12.4. The van der Waals surface area contributed by atoms with Gasteiger partial charge in [0.1, 0.15) is 0 Å². The lowest BCUT2D eigenvalue weighted by Crippen LogP contribution is -2.49. The van der Waals surface area contributed by atoms with Crippen LogP contribution in [0.3, 0.4) is 0 Å². The fraction of sp³-hybridized carbons (Fsp3) is 0.464. The Morgan fingerprint density at radius 1 is 1.03 bits per heavy atom. The highest BCUT2D eigenvalue weighted by molar-refractivity contribution is 6.20. The van der Waals surface area contributed by atoms with Crippen LogP contribution in [0.25, 0.3) is 0 Å².